The van der Waals surface area contributed by atoms with Crippen LogP contribution in [0.4, 0.5) is 11.4 Å². The van der Waals surface area contributed by atoms with Crippen LogP contribution in [0.1, 0.15) is 48.6 Å². The first kappa shape index (κ1) is 27.1. The molecule has 1 aliphatic rings. The van der Waals surface area contributed by atoms with Gasteiger partial charge >= 0.3 is 0 Å². The van der Waals surface area contributed by atoms with E-state index in [1.807, 2.05) is 70.2 Å². The maximum atomic E-state index is 11.4. The molecule has 9 nitrogen and oxygen atoms in total. The molecule has 2 aromatic carbocycles. The molecule has 0 bridgehead atoms. The Bertz CT molecular complexity index is 1550. The number of thiocarbonyl (C=S) groups is 1. The van der Waals surface area contributed by atoms with E-state index in [-0.39, 0.29) is 23.9 Å². The number of nitrogens with zero attached hydrogens (tertiary/aromatic N) is 4. The van der Waals surface area contributed by atoms with Crippen molar-refractivity contribution in [3.63, 3.8) is 0 Å². The van der Waals surface area contributed by atoms with Crippen molar-refractivity contribution in [2.24, 2.45) is 0 Å². The zero-order valence-electron chi connectivity index (χ0n) is 23.0. The lowest BCUT2D eigenvalue weighted by molar-refractivity contribution is -0.384. The minimum atomic E-state index is -0.426. The second-order valence-corrected chi connectivity index (χ2v) is 10.3. The topological polar surface area (TPSA) is 94.7 Å². The largest absolute Gasteiger partial charge is 0.494 e. The monoisotopic (exact) mass is 557 g/mol. The number of ether oxygens (including phenoxy) is 2. The van der Waals surface area contributed by atoms with Gasteiger partial charge in [-0.2, -0.15) is 0 Å². The van der Waals surface area contributed by atoms with E-state index in [1.54, 1.807) is 12.3 Å². The predicted molar refractivity (Wildman–Crippen MR) is 159 cm³/mol. The molecule has 5 rings (SSSR count). The molecule has 0 saturated carbocycles. The van der Waals surface area contributed by atoms with Crippen LogP contribution >= 0.6 is 12.2 Å². The van der Waals surface area contributed by atoms with Gasteiger partial charge in [-0.15, -0.1) is 0 Å². The summed E-state index contributed by atoms with van der Waals surface area (Å²) in [6, 6.07) is 20.1. The molecule has 1 saturated heterocycles. The molecule has 40 heavy (non-hydrogen) atoms. The van der Waals surface area contributed by atoms with Gasteiger partial charge in [-0.05, 0) is 94.0 Å². The lowest BCUT2D eigenvalue weighted by atomic mass is 9.96. The highest BCUT2D eigenvalue weighted by atomic mass is 32.1. The fourth-order valence-corrected chi connectivity index (χ4v) is 5.67. The lowest BCUT2D eigenvalue weighted by Gasteiger charge is -2.28. The van der Waals surface area contributed by atoms with Gasteiger partial charge in [0.1, 0.15) is 11.5 Å². The molecule has 0 aliphatic carbocycles. The average molecular weight is 558 g/mol. The number of anilines is 1. The summed E-state index contributed by atoms with van der Waals surface area (Å²) in [5.74, 6) is 1.21. The Labute approximate surface area is 238 Å². The van der Waals surface area contributed by atoms with Gasteiger partial charge in [-0.3, -0.25) is 15.1 Å². The van der Waals surface area contributed by atoms with Crippen LogP contribution in [0.15, 0.2) is 72.9 Å². The molecule has 206 valence electrons. The number of aryl methyl sites for hydroxylation is 1. The van der Waals surface area contributed by atoms with Crippen LogP contribution in [0.25, 0.3) is 5.69 Å². The molecule has 0 unspecified atom stereocenters. The second-order valence-electron chi connectivity index (χ2n) is 9.93. The van der Waals surface area contributed by atoms with Gasteiger partial charge in [0.25, 0.3) is 5.69 Å². The van der Waals surface area contributed by atoms with Gasteiger partial charge in [-0.25, -0.2) is 0 Å². The van der Waals surface area contributed by atoms with Crippen LogP contribution in [0, 0.1) is 24.0 Å². The lowest BCUT2D eigenvalue weighted by Crippen LogP contribution is -2.29. The van der Waals surface area contributed by atoms with Crippen LogP contribution in [-0.2, 0) is 0 Å². The molecule has 1 fully saturated rings. The maximum absolute atomic E-state index is 11.4. The molecule has 2 aromatic heterocycles. The number of non-ortho nitro benzene ring substituents is 1. The molecule has 1 N–H and O–H groups in total. The fourth-order valence-electron chi connectivity index (χ4n) is 5.33. The van der Waals surface area contributed by atoms with Crippen molar-refractivity contribution in [3.8, 4) is 17.2 Å². The minimum absolute atomic E-state index is 0.0279. The Morgan fingerprint density at radius 2 is 1.82 bits per heavy atom. The Morgan fingerprint density at radius 1 is 1.07 bits per heavy atom. The van der Waals surface area contributed by atoms with Crippen LogP contribution in [-0.4, -0.2) is 32.8 Å². The molecular formula is C30H31N5O4S. The Kier molecular flexibility index (Phi) is 7.44. The Hall–Kier alpha value is -4.44. The zero-order chi connectivity index (χ0) is 28.6. The van der Waals surface area contributed by atoms with E-state index in [9.17, 15) is 10.1 Å². The first-order valence-electron chi connectivity index (χ1n) is 13.0. The Balaban J connectivity index is 1.64. The summed E-state index contributed by atoms with van der Waals surface area (Å²) < 4.78 is 13.5. The second kappa shape index (κ2) is 11.0. The van der Waals surface area contributed by atoms with Gasteiger partial charge in [0.2, 0.25) is 0 Å². The highest BCUT2D eigenvalue weighted by Crippen LogP contribution is 2.44. The van der Waals surface area contributed by atoms with Crippen molar-refractivity contribution in [1.82, 2.24) is 14.9 Å². The Morgan fingerprint density at radius 3 is 2.45 bits per heavy atom. The van der Waals surface area contributed by atoms with Crippen LogP contribution < -0.4 is 19.7 Å². The number of rotatable bonds is 8. The van der Waals surface area contributed by atoms with Crippen molar-refractivity contribution in [2.45, 2.75) is 45.9 Å². The number of hydrogen-bond acceptors (Lipinski definition) is 6. The van der Waals surface area contributed by atoms with E-state index in [0.29, 0.717) is 10.9 Å². The number of nitro benzene ring substituents is 1. The highest BCUT2D eigenvalue weighted by Gasteiger charge is 2.42. The van der Waals surface area contributed by atoms with Gasteiger partial charge < -0.3 is 24.3 Å². The molecule has 0 radical (unpaired) electrons. The van der Waals surface area contributed by atoms with Crippen molar-refractivity contribution in [1.29, 1.82) is 0 Å². The first-order chi connectivity index (χ1) is 19.2. The summed E-state index contributed by atoms with van der Waals surface area (Å²) in [5, 5.41) is 15.5. The molecule has 0 amide bonds. The van der Waals surface area contributed by atoms with E-state index >= 15 is 0 Å². The summed E-state index contributed by atoms with van der Waals surface area (Å²) in [4.78, 5) is 17.7. The number of aromatic nitrogens is 2. The molecule has 4 aromatic rings. The summed E-state index contributed by atoms with van der Waals surface area (Å²) in [6.45, 7) is 8.04. The van der Waals surface area contributed by atoms with Crippen LogP contribution in [0.2, 0.25) is 0 Å². The average Bonchev–Trinajstić information content (AvgIpc) is 3.43. The van der Waals surface area contributed by atoms with Gasteiger partial charge in [0.15, 0.2) is 5.11 Å². The summed E-state index contributed by atoms with van der Waals surface area (Å²) in [5.41, 5.74) is 5.46. The molecule has 0 spiro atoms. The third-order valence-electron chi connectivity index (χ3n) is 6.99. The SMILES string of the molecule is COc1cc([N+](=O)[O-])ccc1-n1c(C)cc([C@@H]2[C@@H](c3ccccn3)NC(=S)N2c2ccc(OC(C)C)cc2)c1C. The zero-order valence-corrected chi connectivity index (χ0v) is 23.8. The number of methoxy groups -OCH3 is 1. The van der Waals surface area contributed by atoms with E-state index in [4.69, 9.17) is 21.7 Å². The summed E-state index contributed by atoms with van der Waals surface area (Å²) in [6.07, 6.45) is 1.85. The van der Waals surface area contributed by atoms with Crippen LogP contribution in [0.5, 0.6) is 11.5 Å². The smallest absolute Gasteiger partial charge is 0.273 e. The summed E-state index contributed by atoms with van der Waals surface area (Å²) in [7, 11) is 1.52. The number of pyridine rings is 1. The maximum Gasteiger partial charge on any atom is 0.273 e. The van der Waals surface area contributed by atoms with Crippen molar-refractivity contribution < 1.29 is 14.4 Å². The number of nitro groups is 1. The predicted octanol–water partition coefficient (Wildman–Crippen LogP) is 6.37. The highest BCUT2D eigenvalue weighted by molar-refractivity contribution is 7.80. The number of nitrogens with one attached hydrogen (secondary N) is 1. The normalized spacial score (nSPS) is 16.8. The van der Waals surface area contributed by atoms with E-state index in [0.717, 1.165) is 39.8 Å². The molecular weight excluding hydrogens is 526 g/mol. The van der Waals surface area contributed by atoms with E-state index in [1.165, 1.54) is 19.2 Å². The van der Waals surface area contributed by atoms with Gasteiger partial charge in [0, 0.05) is 29.3 Å². The molecule has 1 aliphatic heterocycles. The van der Waals surface area contributed by atoms with Gasteiger partial charge in [-0.1, -0.05) is 6.07 Å². The van der Waals surface area contributed by atoms with Crippen LogP contribution in [0.3, 0.4) is 0 Å². The molecule has 2 atom stereocenters. The third-order valence-corrected chi connectivity index (χ3v) is 7.30. The van der Waals surface area contributed by atoms with E-state index < -0.39 is 4.92 Å². The first-order valence-corrected chi connectivity index (χ1v) is 13.4. The van der Waals surface area contributed by atoms with E-state index in [2.05, 4.69) is 25.8 Å². The third kappa shape index (κ3) is 4.98. The molecule has 3 heterocycles. The molecule has 10 heteroatoms. The standard InChI is InChI=1S/C30H31N5O4S/c1-18(2)39-23-12-9-21(10-13-23)34-29(28(32-30(34)40)25-8-6-7-15-31-25)24-16-19(3)33(20(24)4)26-14-11-22(35(36)37)17-27(26)38-5/h6-18,28-29H,1-5H3,(H,32,40)/t28-,29-/m1/s1. The quantitative estimate of drug-likeness (QED) is 0.152. The van der Waals surface area contributed by atoms with Gasteiger partial charge in [0.05, 0.1) is 47.7 Å². The minimum Gasteiger partial charge on any atom is -0.494 e. The summed E-state index contributed by atoms with van der Waals surface area (Å²) >= 11 is 5.90. The fraction of sp³-hybridized carbons (Fsp3) is 0.267. The number of hydrogen-bond donors (Lipinski definition) is 1. The van der Waals surface area contributed by atoms with Crippen molar-refractivity contribution in [3.05, 3.63) is 106 Å². The number of benzene rings is 2. The van der Waals surface area contributed by atoms with Crippen molar-refractivity contribution in [2.75, 3.05) is 12.0 Å². The van der Waals surface area contributed by atoms with Crippen molar-refractivity contribution >= 4 is 28.7 Å².